The summed E-state index contributed by atoms with van der Waals surface area (Å²) in [5, 5.41) is 0. The summed E-state index contributed by atoms with van der Waals surface area (Å²) in [6.45, 7) is 4.54. The SMILES string of the molecule is CCCCCCCC1CC[C@@H]2C[C@H](c3ccc(-c4ccc(CC)cc4)cc3)CC[C@@H]2C1. The first-order valence-electron chi connectivity index (χ1n) is 13.5. The van der Waals surface area contributed by atoms with Gasteiger partial charge in [-0.25, -0.2) is 0 Å². The van der Waals surface area contributed by atoms with Crippen LogP contribution in [0, 0.1) is 17.8 Å². The Morgan fingerprint density at radius 2 is 1.29 bits per heavy atom. The molecular formula is C31H44. The van der Waals surface area contributed by atoms with Crippen molar-refractivity contribution in [1.82, 2.24) is 0 Å². The van der Waals surface area contributed by atoms with Crippen molar-refractivity contribution >= 4 is 0 Å². The Labute approximate surface area is 191 Å². The van der Waals surface area contributed by atoms with Gasteiger partial charge in [0, 0.05) is 0 Å². The molecule has 0 heteroatoms. The van der Waals surface area contributed by atoms with E-state index in [1.54, 1.807) is 5.56 Å². The smallest absolute Gasteiger partial charge is 0.0159 e. The Kier molecular flexibility index (Phi) is 8.28. The third kappa shape index (κ3) is 6.03. The van der Waals surface area contributed by atoms with Crippen molar-refractivity contribution < 1.29 is 0 Å². The fourth-order valence-corrected chi connectivity index (χ4v) is 6.47. The summed E-state index contributed by atoms with van der Waals surface area (Å²) in [6, 6.07) is 18.7. The minimum Gasteiger partial charge on any atom is -0.0654 e. The molecule has 2 saturated carbocycles. The summed E-state index contributed by atoms with van der Waals surface area (Å²) in [6.07, 6.45) is 18.7. The molecule has 1 unspecified atom stereocenters. The molecule has 4 rings (SSSR count). The summed E-state index contributed by atoms with van der Waals surface area (Å²) < 4.78 is 0. The molecule has 0 spiro atoms. The maximum atomic E-state index is 2.43. The molecule has 0 amide bonds. The maximum Gasteiger partial charge on any atom is -0.0159 e. The zero-order chi connectivity index (χ0) is 21.5. The minimum absolute atomic E-state index is 0.795. The highest BCUT2D eigenvalue weighted by atomic mass is 14.4. The molecule has 2 aliphatic carbocycles. The normalized spacial score (nSPS) is 25.9. The van der Waals surface area contributed by atoms with Gasteiger partial charge >= 0.3 is 0 Å². The molecule has 2 fully saturated rings. The number of aryl methyl sites for hydroxylation is 1. The highest BCUT2D eigenvalue weighted by molar-refractivity contribution is 5.64. The van der Waals surface area contributed by atoms with E-state index in [1.165, 1.54) is 93.7 Å². The van der Waals surface area contributed by atoms with Crippen LogP contribution in [0.25, 0.3) is 11.1 Å². The molecule has 0 heterocycles. The molecule has 0 radical (unpaired) electrons. The number of benzene rings is 2. The van der Waals surface area contributed by atoms with Crippen molar-refractivity contribution in [3.63, 3.8) is 0 Å². The first kappa shape index (κ1) is 22.6. The molecule has 168 valence electrons. The monoisotopic (exact) mass is 416 g/mol. The molecule has 2 aromatic rings. The average molecular weight is 417 g/mol. The maximum absolute atomic E-state index is 2.43. The lowest BCUT2D eigenvalue weighted by Gasteiger charge is -2.42. The Hall–Kier alpha value is -1.56. The Morgan fingerprint density at radius 1 is 0.645 bits per heavy atom. The van der Waals surface area contributed by atoms with Crippen molar-refractivity contribution in [1.29, 1.82) is 0 Å². The molecule has 31 heavy (non-hydrogen) atoms. The lowest BCUT2D eigenvalue weighted by atomic mass is 9.63. The van der Waals surface area contributed by atoms with Gasteiger partial charge in [0.2, 0.25) is 0 Å². The zero-order valence-corrected chi connectivity index (χ0v) is 20.1. The van der Waals surface area contributed by atoms with Gasteiger partial charge in [0.05, 0.1) is 0 Å². The van der Waals surface area contributed by atoms with E-state index in [0.29, 0.717) is 0 Å². The molecule has 2 aromatic carbocycles. The van der Waals surface area contributed by atoms with Gasteiger partial charge < -0.3 is 0 Å². The summed E-state index contributed by atoms with van der Waals surface area (Å²) in [5.41, 5.74) is 5.72. The van der Waals surface area contributed by atoms with Gasteiger partial charge in [0.25, 0.3) is 0 Å². The van der Waals surface area contributed by atoms with Gasteiger partial charge in [-0.1, -0.05) is 107 Å². The number of hydrogen-bond acceptors (Lipinski definition) is 0. The van der Waals surface area contributed by atoms with E-state index < -0.39 is 0 Å². The topological polar surface area (TPSA) is 0 Å². The standard InChI is InChI=1S/C31H44/c1-3-5-6-7-8-9-25-12-15-31-23-30(21-20-29(31)22-25)28-18-16-27(17-19-28)26-13-10-24(4-2)11-14-26/h10-11,13-14,16-19,25,29-31H,3-9,12,15,20-23H2,1-2H3/t25?,29-,30-,31-/m1/s1. The first-order valence-corrected chi connectivity index (χ1v) is 13.5. The van der Waals surface area contributed by atoms with Crippen LogP contribution in [-0.4, -0.2) is 0 Å². The molecule has 0 nitrogen and oxygen atoms in total. The number of unbranched alkanes of at least 4 members (excludes halogenated alkanes) is 4. The third-order valence-corrected chi connectivity index (χ3v) is 8.52. The molecule has 4 atom stereocenters. The summed E-state index contributed by atoms with van der Waals surface area (Å²) in [5.74, 6) is 3.86. The van der Waals surface area contributed by atoms with Gasteiger partial charge in [-0.15, -0.1) is 0 Å². The third-order valence-electron chi connectivity index (χ3n) is 8.52. The molecule has 0 aromatic heterocycles. The highest BCUT2D eigenvalue weighted by Gasteiger charge is 2.35. The van der Waals surface area contributed by atoms with E-state index in [0.717, 1.165) is 30.1 Å². The van der Waals surface area contributed by atoms with Crippen molar-refractivity contribution in [3.05, 3.63) is 59.7 Å². The molecule has 0 aliphatic heterocycles. The van der Waals surface area contributed by atoms with Crippen molar-refractivity contribution in [3.8, 4) is 11.1 Å². The van der Waals surface area contributed by atoms with Crippen LogP contribution in [0.4, 0.5) is 0 Å². The Balaban J connectivity index is 1.27. The van der Waals surface area contributed by atoms with Gasteiger partial charge in [0.15, 0.2) is 0 Å². The van der Waals surface area contributed by atoms with Crippen LogP contribution in [0.1, 0.15) is 108 Å². The van der Waals surface area contributed by atoms with Crippen LogP contribution >= 0.6 is 0 Å². The second-order valence-corrected chi connectivity index (χ2v) is 10.6. The van der Waals surface area contributed by atoms with Crippen LogP contribution in [0.2, 0.25) is 0 Å². The van der Waals surface area contributed by atoms with Crippen LogP contribution in [-0.2, 0) is 6.42 Å². The van der Waals surface area contributed by atoms with Gasteiger partial charge in [0.1, 0.15) is 0 Å². The van der Waals surface area contributed by atoms with Crippen molar-refractivity contribution in [2.24, 2.45) is 17.8 Å². The molecule has 0 bridgehead atoms. The largest absolute Gasteiger partial charge is 0.0654 e. The lowest BCUT2D eigenvalue weighted by Crippen LogP contribution is -2.30. The lowest BCUT2D eigenvalue weighted by molar-refractivity contribution is 0.113. The second kappa shape index (κ2) is 11.3. The number of fused-ring (bicyclic) bond motifs is 1. The van der Waals surface area contributed by atoms with Crippen molar-refractivity contribution in [2.45, 2.75) is 103 Å². The molecule has 2 aliphatic rings. The minimum atomic E-state index is 0.795. The molecular weight excluding hydrogens is 372 g/mol. The molecule has 0 saturated heterocycles. The van der Waals surface area contributed by atoms with Crippen LogP contribution in [0.15, 0.2) is 48.5 Å². The second-order valence-electron chi connectivity index (χ2n) is 10.6. The predicted octanol–water partition coefficient (Wildman–Crippen LogP) is 9.58. The van der Waals surface area contributed by atoms with Gasteiger partial charge in [-0.3, -0.25) is 0 Å². The Morgan fingerprint density at radius 3 is 2.00 bits per heavy atom. The van der Waals surface area contributed by atoms with E-state index in [2.05, 4.69) is 62.4 Å². The van der Waals surface area contributed by atoms with Crippen LogP contribution < -0.4 is 0 Å². The predicted molar refractivity (Wildman–Crippen MR) is 136 cm³/mol. The van der Waals surface area contributed by atoms with E-state index in [9.17, 15) is 0 Å². The van der Waals surface area contributed by atoms with Crippen LogP contribution in [0.3, 0.4) is 0 Å². The highest BCUT2D eigenvalue weighted by Crippen LogP contribution is 2.48. The molecule has 0 N–H and O–H groups in total. The number of rotatable bonds is 9. The summed E-state index contributed by atoms with van der Waals surface area (Å²) >= 11 is 0. The summed E-state index contributed by atoms with van der Waals surface area (Å²) in [4.78, 5) is 0. The number of hydrogen-bond donors (Lipinski definition) is 0. The van der Waals surface area contributed by atoms with Gasteiger partial charge in [-0.05, 0) is 84.5 Å². The Bertz CT molecular complexity index is 769. The van der Waals surface area contributed by atoms with E-state index in [4.69, 9.17) is 0 Å². The fourth-order valence-electron chi connectivity index (χ4n) is 6.47. The summed E-state index contributed by atoms with van der Waals surface area (Å²) in [7, 11) is 0. The quantitative estimate of drug-likeness (QED) is 0.357. The van der Waals surface area contributed by atoms with E-state index >= 15 is 0 Å². The van der Waals surface area contributed by atoms with E-state index in [1.807, 2.05) is 0 Å². The van der Waals surface area contributed by atoms with Gasteiger partial charge in [-0.2, -0.15) is 0 Å². The van der Waals surface area contributed by atoms with Crippen LogP contribution in [0.5, 0.6) is 0 Å². The fraction of sp³-hybridized carbons (Fsp3) is 0.613. The average Bonchev–Trinajstić information content (AvgIpc) is 2.84. The zero-order valence-electron chi connectivity index (χ0n) is 20.1. The van der Waals surface area contributed by atoms with Crippen molar-refractivity contribution in [2.75, 3.05) is 0 Å². The van der Waals surface area contributed by atoms with E-state index in [-0.39, 0.29) is 0 Å². The first-order chi connectivity index (χ1) is 15.3.